The predicted octanol–water partition coefficient (Wildman–Crippen LogP) is 2.27. The molecule has 0 aromatic rings. The highest BCUT2D eigenvalue weighted by atomic mass is 16.5. The smallest absolute Gasteiger partial charge is 0.323 e. The van der Waals surface area contributed by atoms with Crippen LogP contribution >= 0.6 is 0 Å². The molecule has 2 rings (SSSR count). The van der Waals surface area contributed by atoms with Crippen molar-refractivity contribution >= 4 is 5.97 Å². The number of carboxylic acids is 1. The number of aliphatic carboxylic acids is 1. The second-order valence-corrected chi connectivity index (χ2v) is 6.41. The molecule has 2 fully saturated rings. The van der Waals surface area contributed by atoms with E-state index in [2.05, 4.69) is 0 Å². The van der Waals surface area contributed by atoms with E-state index in [1.54, 1.807) is 13.8 Å². The van der Waals surface area contributed by atoms with Gasteiger partial charge in [-0.15, -0.1) is 0 Å². The van der Waals surface area contributed by atoms with Crippen molar-refractivity contribution in [3.8, 4) is 0 Å². The number of rotatable bonds is 4. The molecule has 4 nitrogen and oxygen atoms in total. The molecule has 0 aromatic heterocycles. The number of carboxylic acid groups (broad SMARTS) is 1. The van der Waals surface area contributed by atoms with Crippen LogP contribution in [0.1, 0.15) is 52.4 Å². The van der Waals surface area contributed by atoms with Crippen LogP contribution in [0.15, 0.2) is 0 Å². The SMILES string of the molecule is CN(CC1CCC2(CCCC2)O1)C(C)(C)C(=O)O. The number of hydrogen-bond acceptors (Lipinski definition) is 3. The lowest BCUT2D eigenvalue weighted by atomic mass is 9.98. The maximum atomic E-state index is 11.2. The van der Waals surface area contributed by atoms with Gasteiger partial charge in [-0.05, 0) is 46.6 Å². The lowest BCUT2D eigenvalue weighted by Crippen LogP contribution is -2.50. The molecule has 1 spiro atoms. The summed E-state index contributed by atoms with van der Waals surface area (Å²) in [5.41, 5.74) is -0.687. The second kappa shape index (κ2) is 4.82. The molecule has 4 heteroatoms. The zero-order valence-corrected chi connectivity index (χ0v) is 11.7. The van der Waals surface area contributed by atoms with Crippen molar-refractivity contribution in [1.82, 2.24) is 4.90 Å². The van der Waals surface area contributed by atoms with Gasteiger partial charge in [0.15, 0.2) is 0 Å². The lowest BCUT2D eigenvalue weighted by Gasteiger charge is -2.34. The first kappa shape index (κ1) is 13.8. The first-order valence-electron chi connectivity index (χ1n) is 6.98. The van der Waals surface area contributed by atoms with Gasteiger partial charge in [0.1, 0.15) is 5.54 Å². The summed E-state index contributed by atoms with van der Waals surface area (Å²) in [6.07, 6.45) is 7.36. The molecule has 0 aromatic carbocycles. The third-order valence-corrected chi connectivity index (χ3v) is 4.81. The van der Waals surface area contributed by atoms with Gasteiger partial charge in [-0.2, -0.15) is 0 Å². The monoisotopic (exact) mass is 255 g/mol. The van der Waals surface area contributed by atoms with Gasteiger partial charge in [-0.3, -0.25) is 9.69 Å². The zero-order valence-electron chi connectivity index (χ0n) is 11.7. The Balaban J connectivity index is 1.90. The standard InChI is InChI=1S/C14H25NO3/c1-13(2,12(16)17)15(3)10-11-6-9-14(18-11)7-4-5-8-14/h11H,4-10H2,1-3H3,(H,16,17). The Morgan fingerprint density at radius 2 is 2.00 bits per heavy atom. The summed E-state index contributed by atoms with van der Waals surface area (Å²) >= 11 is 0. The molecule has 1 unspecified atom stereocenters. The molecule has 0 amide bonds. The molecule has 0 radical (unpaired) electrons. The van der Waals surface area contributed by atoms with Gasteiger partial charge < -0.3 is 9.84 Å². The molecule has 1 aliphatic heterocycles. The molecule has 1 saturated heterocycles. The van der Waals surface area contributed by atoms with Crippen molar-refractivity contribution in [2.75, 3.05) is 13.6 Å². The molecule has 1 saturated carbocycles. The molecule has 1 aliphatic carbocycles. The average molecular weight is 255 g/mol. The summed E-state index contributed by atoms with van der Waals surface area (Å²) < 4.78 is 6.22. The van der Waals surface area contributed by atoms with Crippen LogP contribution in [-0.4, -0.2) is 46.8 Å². The second-order valence-electron chi connectivity index (χ2n) is 6.41. The van der Waals surface area contributed by atoms with Crippen molar-refractivity contribution in [1.29, 1.82) is 0 Å². The van der Waals surface area contributed by atoms with Crippen molar-refractivity contribution in [3.05, 3.63) is 0 Å². The minimum absolute atomic E-state index is 0.138. The minimum Gasteiger partial charge on any atom is -0.480 e. The summed E-state index contributed by atoms with van der Waals surface area (Å²) in [7, 11) is 1.87. The van der Waals surface area contributed by atoms with Gasteiger partial charge in [-0.1, -0.05) is 12.8 Å². The van der Waals surface area contributed by atoms with E-state index in [1.165, 1.54) is 25.7 Å². The maximum Gasteiger partial charge on any atom is 0.323 e. The molecule has 1 N–H and O–H groups in total. The lowest BCUT2D eigenvalue weighted by molar-refractivity contribution is -0.149. The number of hydrogen-bond donors (Lipinski definition) is 1. The van der Waals surface area contributed by atoms with E-state index in [0.717, 1.165) is 12.8 Å². The molecule has 18 heavy (non-hydrogen) atoms. The summed E-state index contributed by atoms with van der Waals surface area (Å²) in [5, 5.41) is 9.21. The van der Waals surface area contributed by atoms with Gasteiger partial charge in [0, 0.05) is 6.54 Å². The van der Waals surface area contributed by atoms with Crippen LogP contribution < -0.4 is 0 Å². The Hall–Kier alpha value is -0.610. The molecular weight excluding hydrogens is 230 g/mol. The highest BCUT2D eigenvalue weighted by Gasteiger charge is 2.43. The Morgan fingerprint density at radius 1 is 1.39 bits per heavy atom. The number of nitrogens with zero attached hydrogens (tertiary/aromatic N) is 1. The fraction of sp³-hybridized carbons (Fsp3) is 0.929. The van der Waals surface area contributed by atoms with Crippen LogP contribution in [0, 0.1) is 0 Å². The van der Waals surface area contributed by atoms with Crippen LogP contribution in [-0.2, 0) is 9.53 Å². The van der Waals surface area contributed by atoms with Crippen LogP contribution in [0.25, 0.3) is 0 Å². The van der Waals surface area contributed by atoms with E-state index in [4.69, 9.17) is 4.74 Å². The van der Waals surface area contributed by atoms with Gasteiger partial charge in [0.05, 0.1) is 11.7 Å². The fourth-order valence-corrected chi connectivity index (χ4v) is 3.11. The van der Waals surface area contributed by atoms with Crippen molar-refractivity contribution < 1.29 is 14.6 Å². The minimum atomic E-state index is -0.825. The van der Waals surface area contributed by atoms with E-state index >= 15 is 0 Å². The summed E-state index contributed by atoms with van der Waals surface area (Å²) in [5.74, 6) is -0.779. The largest absolute Gasteiger partial charge is 0.480 e. The summed E-state index contributed by atoms with van der Waals surface area (Å²) in [4.78, 5) is 13.1. The third-order valence-electron chi connectivity index (χ3n) is 4.81. The molecule has 1 atom stereocenters. The van der Waals surface area contributed by atoms with Gasteiger partial charge in [0.2, 0.25) is 0 Å². The van der Waals surface area contributed by atoms with Crippen molar-refractivity contribution in [3.63, 3.8) is 0 Å². The van der Waals surface area contributed by atoms with Gasteiger partial charge >= 0.3 is 5.97 Å². The molecule has 2 aliphatic rings. The first-order valence-corrected chi connectivity index (χ1v) is 6.98. The Kier molecular flexibility index (Phi) is 3.70. The molecule has 104 valence electrons. The molecule has 1 heterocycles. The predicted molar refractivity (Wildman–Crippen MR) is 69.7 cm³/mol. The van der Waals surface area contributed by atoms with Crippen LogP contribution in [0.2, 0.25) is 0 Å². The van der Waals surface area contributed by atoms with Crippen LogP contribution in [0.4, 0.5) is 0 Å². The molecule has 0 bridgehead atoms. The van der Waals surface area contributed by atoms with Gasteiger partial charge in [0.25, 0.3) is 0 Å². The molecular formula is C14H25NO3. The summed E-state index contributed by atoms with van der Waals surface area (Å²) in [6.45, 7) is 4.20. The average Bonchev–Trinajstić information content (AvgIpc) is 2.90. The first-order chi connectivity index (χ1) is 8.36. The van der Waals surface area contributed by atoms with Gasteiger partial charge in [-0.25, -0.2) is 0 Å². The maximum absolute atomic E-state index is 11.2. The van der Waals surface area contributed by atoms with E-state index in [0.29, 0.717) is 6.54 Å². The Bertz CT molecular complexity index is 321. The quantitative estimate of drug-likeness (QED) is 0.837. The third kappa shape index (κ3) is 2.54. The number of ether oxygens (including phenoxy) is 1. The van der Waals surface area contributed by atoms with E-state index in [-0.39, 0.29) is 11.7 Å². The van der Waals surface area contributed by atoms with Crippen molar-refractivity contribution in [2.24, 2.45) is 0 Å². The van der Waals surface area contributed by atoms with Crippen LogP contribution in [0.3, 0.4) is 0 Å². The van der Waals surface area contributed by atoms with Crippen molar-refractivity contribution in [2.45, 2.75) is 69.6 Å². The summed E-state index contributed by atoms with van der Waals surface area (Å²) in [6, 6.07) is 0. The zero-order chi connectivity index (χ0) is 13.4. The topological polar surface area (TPSA) is 49.8 Å². The Morgan fingerprint density at radius 3 is 2.56 bits per heavy atom. The fourth-order valence-electron chi connectivity index (χ4n) is 3.11. The van der Waals surface area contributed by atoms with E-state index in [9.17, 15) is 9.90 Å². The number of carbonyl (C=O) groups is 1. The van der Waals surface area contributed by atoms with E-state index < -0.39 is 11.5 Å². The van der Waals surface area contributed by atoms with E-state index in [1.807, 2.05) is 11.9 Å². The number of likely N-dealkylation sites (N-methyl/N-ethyl adjacent to an activating group) is 1. The highest BCUT2D eigenvalue weighted by Crippen LogP contribution is 2.43. The highest BCUT2D eigenvalue weighted by molar-refractivity contribution is 5.77. The van der Waals surface area contributed by atoms with Crippen LogP contribution in [0.5, 0.6) is 0 Å². The Labute approximate surface area is 109 Å². The normalized spacial score (nSPS) is 27.2.